The number of nitrogens with one attached hydrogen (secondary N) is 1. The molecule has 1 aromatic heterocycles. The van der Waals surface area contributed by atoms with Crippen LogP contribution in [0.1, 0.15) is 30.9 Å². The molecule has 1 heterocycles. The maximum absolute atomic E-state index is 12.9. The summed E-state index contributed by atoms with van der Waals surface area (Å²) < 4.78 is 76.9. The van der Waals surface area contributed by atoms with Gasteiger partial charge in [0, 0.05) is 11.8 Å². The zero-order valence-electron chi connectivity index (χ0n) is 18.5. The molecule has 10 heteroatoms. The number of pyridine rings is 1. The number of methoxy groups -OCH3 is 1. The Kier molecular flexibility index (Phi) is 6.20. The van der Waals surface area contributed by atoms with Crippen LogP contribution in [-0.4, -0.2) is 25.3 Å². The lowest BCUT2D eigenvalue weighted by atomic mass is 10.1. The molecule has 0 amide bonds. The highest BCUT2D eigenvalue weighted by atomic mass is 32.2. The van der Waals surface area contributed by atoms with Crippen LogP contribution in [-0.2, 0) is 22.8 Å². The number of aromatic nitrogens is 1. The smallest absolute Gasteiger partial charge is 0.416 e. The highest BCUT2D eigenvalue weighted by Gasteiger charge is 2.50. The minimum Gasteiger partial charge on any atom is -0.489 e. The van der Waals surface area contributed by atoms with Crippen LogP contribution in [0.2, 0.25) is 0 Å². The number of sulfonamides is 1. The van der Waals surface area contributed by atoms with E-state index < -0.39 is 26.5 Å². The third-order valence-electron chi connectivity index (χ3n) is 5.72. The van der Waals surface area contributed by atoms with E-state index in [4.69, 9.17) is 9.47 Å². The molecule has 1 N–H and O–H groups in total. The van der Waals surface area contributed by atoms with Crippen LogP contribution in [0.4, 0.5) is 18.9 Å². The predicted octanol–water partition coefficient (Wildman–Crippen LogP) is 5.65. The van der Waals surface area contributed by atoms with Crippen molar-refractivity contribution >= 4 is 15.7 Å². The van der Waals surface area contributed by atoms with E-state index >= 15 is 0 Å². The molecule has 6 nitrogen and oxygen atoms in total. The second kappa shape index (κ2) is 8.83. The molecule has 0 saturated heterocycles. The SMILES string of the molecule is COc1ncc(-c2cccc(OCc3cccc(C(F)(F)F)c3)c2)cc1NS(=O)(=O)C1(C)CC1. The average molecular weight is 493 g/mol. The van der Waals surface area contributed by atoms with Crippen molar-refractivity contribution in [2.45, 2.75) is 37.3 Å². The summed E-state index contributed by atoms with van der Waals surface area (Å²) in [7, 11) is -2.20. The summed E-state index contributed by atoms with van der Waals surface area (Å²) in [5.74, 6) is 0.590. The van der Waals surface area contributed by atoms with Crippen LogP contribution in [0.15, 0.2) is 60.8 Å². The van der Waals surface area contributed by atoms with Crippen molar-refractivity contribution in [1.29, 1.82) is 0 Å². The number of anilines is 1. The summed E-state index contributed by atoms with van der Waals surface area (Å²) >= 11 is 0. The topological polar surface area (TPSA) is 77.5 Å². The van der Waals surface area contributed by atoms with Gasteiger partial charge in [0.2, 0.25) is 15.9 Å². The molecule has 1 saturated carbocycles. The normalized spacial score (nSPS) is 15.0. The Bertz CT molecular complexity index is 1310. The molecule has 180 valence electrons. The summed E-state index contributed by atoms with van der Waals surface area (Å²) in [6.45, 7) is 1.64. The zero-order valence-corrected chi connectivity index (χ0v) is 19.3. The van der Waals surface area contributed by atoms with Gasteiger partial charge in [-0.1, -0.05) is 24.3 Å². The highest BCUT2D eigenvalue weighted by Crippen LogP contribution is 2.44. The van der Waals surface area contributed by atoms with E-state index in [1.807, 2.05) is 0 Å². The van der Waals surface area contributed by atoms with Crippen molar-refractivity contribution in [3.8, 4) is 22.8 Å². The van der Waals surface area contributed by atoms with Crippen molar-refractivity contribution in [2.24, 2.45) is 0 Å². The number of alkyl halides is 3. The molecule has 2 aromatic carbocycles. The molecule has 4 rings (SSSR count). The summed E-state index contributed by atoms with van der Waals surface area (Å²) in [6.07, 6.45) is -1.71. The largest absolute Gasteiger partial charge is 0.489 e. The van der Waals surface area contributed by atoms with Gasteiger partial charge in [-0.2, -0.15) is 13.2 Å². The van der Waals surface area contributed by atoms with E-state index in [2.05, 4.69) is 9.71 Å². The number of hydrogen-bond acceptors (Lipinski definition) is 5. The van der Waals surface area contributed by atoms with Crippen molar-refractivity contribution in [3.63, 3.8) is 0 Å². The van der Waals surface area contributed by atoms with Crippen LogP contribution in [0.25, 0.3) is 11.1 Å². The van der Waals surface area contributed by atoms with Crippen LogP contribution >= 0.6 is 0 Å². The molecule has 1 fully saturated rings. The van der Waals surface area contributed by atoms with Gasteiger partial charge in [-0.15, -0.1) is 0 Å². The van der Waals surface area contributed by atoms with Crippen molar-refractivity contribution < 1.29 is 31.1 Å². The summed E-state index contributed by atoms with van der Waals surface area (Å²) in [5, 5.41) is 0. The first-order valence-electron chi connectivity index (χ1n) is 10.5. The maximum atomic E-state index is 12.9. The van der Waals surface area contributed by atoms with E-state index in [1.165, 1.54) is 13.2 Å². The van der Waals surface area contributed by atoms with Crippen molar-refractivity contribution in [2.75, 3.05) is 11.8 Å². The molecule has 0 radical (unpaired) electrons. The lowest BCUT2D eigenvalue weighted by Gasteiger charge is -2.16. The molecule has 0 atom stereocenters. The summed E-state index contributed by atoms with van der Waals surface area (Å²) in [6, 6.07) is 13.5. The molecular formula is C24H23F3N2O4S. The minimum atomic E-state index is -4.42. The van der Waals surface area contributed by atoms with Gasteiger partial charge in [0.15, 0.2) is 0 Å². The van der Waals surface area contributed by atoms with Crippen LogP contribution < -0.4 is 14.2 Å². The van der Waals surface area contributed by atoms with Gasteiger partial charge in [0.25, 0.3) is 0 Å². The third kappa shape index (κ3) is 5.11. The number of halogens is 3. The van der Waals surface area contributed by atoms with Crippen molar-refractivity contribution in [1.82, 2.24) is 4.98 Å². The second-order valence-corrected chi connectivity index (χ2v) is 10.5. The van der Waals surface area contributed by atoms with Gasteiger partial charge in [-0.05, 0) is 61.2 Å². The molecule has 0 unspecified atom stereocenters. The Hall–Kier alpha value is -3.27. The van der Waals surface area contributed by atoms with Crippen LogP contribution in [0.3, 0.4) is 0 Å². The van der Waals surface area contributed by atoms with E-state index in [1.54, 1.807) is 49.5 Å². The molecule has 34 heavy (non-hydrogen) atoms. The first-order valence-corrected chi connectivity index (χ1v) is 11.9. The molecule has 1 aliphatic carbocycles. The van der Waals surface area contributed by atoms with Gasteiger partial charge in [0.05, 0.1) is 17.4 Å². The first-order chi connectivity index (χ1) is 16.0. The molecule has 0 spiro atoms. The van der Waals surface area contributed by atoms with Gasteiger partial charge in [0.1, 0.15) is 18.0 Å². The number of ether oxygens (including phenoxy) is 2. The Morgan fingerprint density at radius 3 is 2.47 bits per heavy atom. The Balaban J connectivity index is 1.54. The number of nitrogens with zero attached hydrogens (tertiary/aromatic N) is 1. The van der Waals surface area contributed by atoms with E-state index in [-0.39, 0.29) is 18.2 Å². The van der Waals surface area contributed by atoms with E-state index in [0.29, 0.717) is 35.3 Å². The zero-order chi connectivity index (χ0) is 24.6. The third-order valence-corrected chi connectivity index (χ3v) is 7.91. The Morgan fingerprint density at radius 1 is 1.06 bits per heavy atom. The van der Waals surface area contributed by atoms with Crippen LogP contribution in [0, 0.1) is 0 Å². The van der Waals surface area contributed by atoms with E-state index in [9.17, 15) is 21.6 Å². The molecule has 0 bridgehead atoms. The Morgan fingerprint density at radius 2 is 1.79 bits per heavy atom. The van der Waals surface area contributed by atoms with Gasteiger partial charge >= 0.3 is 6.18 Å². The van der Waals surface area contributed by atoms with Gasteiger partial charge in [-0.3, -0.25) is 4.72 Å². The van der Waals surface area contributed by atoms with E-state index in [0.717, 1.165) is 12.1 Å². The minimum absolute atomic E-state index is 0.0438. The second-order valence-electron chi connectivity index (χ2n) is 8.35. The van der Waals surface area contributed by atoms with Gasteiger partial charge < -0.3 is 9.47 Å². The lowest BCUT2D eigenvalue weighted by molar-refractivity contribution is -0.137. The van der Waals surface area contributed by atoms with Crippen molar-refractivity contribution in [3.05, 3.63) is 71.9 Å². The number of hydrogen-bond donors (Lipinski definition) is 1. The molecular weight excluding hydrogens is 469 g/mol. The fourth-order valence-corrected chi connectivity index (χ4v) is 4.65. The number of benzene rings is 2. The number of rotatable bonds is 8. The quantitative estimate of drug-likeness (QED) is 0.440. The summed E-state index contributed by atoms with van der Waals surface area (Å²) in [4.78, 5) is 4.22. The standard InChI is InChI=1S/C24H23F3N2O4S/c1-23(9-10-23)34(30,31)29-21-13-18(14-28-22(21)32-2)17-6-4-8-20(12-17)33-15-16-5-3-7-19(11-16)24(25,26)27/h3-8,11-14,29H,9-10,15H2,1-2H3. The summed E-state index contributed by atoms with van der Waals surface area (Å²) in [5.41, 5.74) is 1.18. The fourth-order valence-electron chi connectivity index (χ4n) is 3.33. The predicted molar refractivity (Wildman–Crippen MR) is 122 cm³/mol. The molecule has 0 aliphatic heterocycles. The lowest BCUT2D eigenvalue weighted by Crippen LogP contribution is -2.27. The monoisotopic (exact) mass is 492 g/mol. The average Bonchev–Trinajstić information content (AvgIpc) is 3.57. The molecule has 1 aliphatic rings. The Labute approximate surface area is 195 Å². The first kappa shape index (κ1) is 23.9. The molecule has 3 aromatic rings. The van der Waals surface area contributed by atoms with Gasteiger partial charge in [-0.25, -0.2) is 13.4 Å². The van der Waals surface area contributed by atoms with Crippen LogP contribution in [0.5, 0.6) is 11.6 Å². The highest BCUT2D eigenvalue weighted by molar-refractivity contribution is 7.94. The fraction of sp³-hybridized carbons (Fsp3) is 0.292. The maximum Gasteiger partial charge on any atom is 0.416 e.